The van der Waals surface area contributed by atoms with Crippen LogP contribution in [-0.2, 0) is 0 Å². The number of allylic oxidation sites excluding steroid dienone is 3. The van der Waals surface area contributed by atoms with Crippen LogP contribution in [-0.4, -0.2) is 0 Å². The van der Waals surface area contributed by atoms with E-state index in [1.165, 1.54) is 17.6 Å². The van der Waals surface area contributed by atoms with Crippen molar-refractivity contribution in [1.29, 1.82) is 5.26 Å². The van der Waals surface area contributed by atoms with E-state index < -0.39 is 0 Å². The Hall–Kier alpha value is -1.03. The second-order valence-corrected chi connectivity index (χ2v) is 4.75. The van der Waals surface area contributed by atoms with E-state index in [-0.39, 0.29) is 5.41 Å². The van der Waals surface area contributed by atoms with Crippen molar-refractivity contribution in [2.75, 3.05) is 0 Å². The second-order valence-electron chi connectivity index (χ2n) is 4.75. The van der Waals surface area contributed by atoms with Crippen molar-refractivity contribution in [3.63, 3.8) is 0 Å². The highest BCUT2D eigenvalue weighted by molar-refractivity contribution is 5.37. The molecule has 0 aromatic rings. The molecule has 1 fully saturated rings. The fraction of sp³-hybridized carbons (Fsp3) is 0.615. The number of rotatable bonds is 1. The molecule has 1 heteroatoms. The van der Waals surface area contributed by atoms with Crippen LogP contribution in [0.1, 0.15) is 40.0 Å². The van der Waals surface area contributed by atoms with Crippen LogP contribution in [0.15, 0.2) is 23.8 Å². The summed E-state index contributed by atoms with van der Waals surface area (Å²) in [6, 6.07) is 2.17. The van der Waals surface area contributed by atoms with Gasteiger partial charge in [0.1, 0.15) is 0 Å². The van der Waals surface area contributed by atoms with Gasteiger partial charge < -0.3 is 0 Å². The quantitative estimate of drug-likeness (QED) is 0.615. The second kappa shape index (κ2) is 4.00. The summed E-state index contributed by atoms with van der Waals surface area (Å²) >= 11 is 0. The van der Waals surface area contributed by atoms with Crippen molar-refractivity contribution in [2.24, 2.45) is 11.3 Å². The molecule has 1 aliphatic rings. The SMILES string of the molecule is C=C1CC[C@@H](C)C(C)(C)/C1=C/CC#N. The van der Waals surface area contributed by atoms with E-state index in [1.54, 1.807) is 0 Å². The smallest absolute Gasteiger partial charge is 0.0663 e. The highest BCUT2D eigenvalue weighted by Gasteiger charge is 2.34. The molecule has 14 heavy (non-hydrogen) atoms. The van der Waals surface area contributed by atoms with Crippen LogP contribution >= 0.6 is 0 Å². The Labute approximate surface area is 87.1 Å². The van der Waals surface area contributed by atoms with E-state index >= 15 is 0 Å². The summed E-state index contributed by atoms with van der Waals surface area (Å²) in [5.74, 6) is 0.679. The van der Waals surface area contributed by atoms with Gasteiger partial charge in [-0.3, -0.25) is 0 Å². The Balaban J connectivity index is 2.98. The molecule has 1 aliphatic carbocycles. The van der Waals surface area contributed by atoms with Gasteiger partial charge >= 0.3 is 0 Å². The van der Waals surface area contributed by atoms with Crippen LogP contribution in [0.2, 0.25) is 0 Å². The summed E-state index contributed by atoms with van der Waals surface area (Å²) in [4.78, 5) is 0. The summed E-state index contributed by atoms with van der Waals surface area (Å²) in [5, 5.41) is 8.60. The molecule has 0 bridgehead atoms. The first-order valence-corrected chi connectivity index (χ1v) is 5.26. The maximum Gasteiger partial charge on any atom is 0.0663 e. The Morgan fingerprint density at radius 2 is 2.29 bits per heavy atom. The highest BCUT2D eigenvalue weighted by Crippen LogP contribution is 2.46. The normalized spacial score (nSPS) is 28.9. The molecule has 0 saturated heterocycles. The van der Waals surface area contributed by atoms with Crippen LogP contribution in [0.25, 0.3) is 0 Å². The average Bonchev–Trinajstić information content (AvgIpc) is 2.12. The average molecular weight is 189 g/mol. The molecule has 0 spiro atoms. The van der Waals surface area contributed by atoms with E-state index in [0.29, 0.717) is 12.3 Å². The van der Waals surface area contributed by atoms with Gasteiger partial charge in [0.15, 0.2) is 0 Å². The summed E-state index contributed by atoms with van der Waals surface area (Å²) in [6.07, 6.45) is 4.86. The molecule has 0 N–H and O–H groups in total. The number of hydrogen-bond acceptors (Lipinski definition) is 1. The zero-order valence-corrected chi connectivity index (χ0v) is 9.43. The molecule has 0 amide bonds. The number of nitrogens with zero attached hydrogens (tertiary/aromatic N) is 1. The maximum atomic E-state index is 8.60. The summed E-state index contributed by atoms with van der Waals surface area (Å²) < 4.78 is 0. The van der Waals surface area contributed by atoms with Gasteiger partial charge in [-0.2, -0.15) is 5.26 Å². The molecule has 1 rings (SSSR count). The topological polar surface area (TPSA) is 23.8 Å². The Kier molecular flexibility index (Phi) is 3.16. The monoisotopic (exact) mass is 189 g/mol. The van der Waals surface area contributed by atoms with Crippen molar-refractivity contribution in [2.45, 2.75) is 40.0 Å². The van der Waals surface area contributed by atoms with Gasteiger partial charge in [0, 0.05) is 0 Å². The van der Waals surface area contributed by atoms with E-state index in [0.717, 1.165) is 6.42 Å². The van der Waals surface area contributed by atoms with E-state index in [4.69, 9.17) is 5.26 Å². The molecule has 1 saturated carbocycles. The Morgan fingerprint density at radius 1 is 1.64 bits per heavy atom. The summed E-state index contributed by atoms with van der Waals surface area (Å²) in [6.45, 7) is 10.9. The molecular weight excluding hydrogens is 170 g/mol. The number of hydrogen-bond donors (Lipinski definition) is 0. The van der Waals surface area contributed by atoms with E-state index in [2.05, 4.69) is 39.5 Å². The van der Waals surface area contributed by atoms with Gasteiger partial charge in [0.05, 0.1) is 12.5 Å². The lowest BCUT2D eigenvalue weighted by Gasteiger charge is -2.40. The van der Waals surface area contributed by atoms with Crippen molar-refractivity contribution >= 4 is 0 Å². The van der Waals surface area contributed by atoms with Crippen LogP contribution in [0.4, 0.5) is 0 Å². The van der Waals surface area contributed by atoms with Crippen molar-refractivity contribution in [3.8, 4) is 6.07 Å². The van der Waals surface area contributed by atoms with Crippen LogP contribution < -0.4 is 0 Å². The highest BCUT2D eigenvalue weighted by atomic mass is 14.4. The lowest BCUT2D eigenvalue weighted by atomic mass is 9.64. The Morgan fingerprint density at radius 3 is 2.86 bits per heavy atom. The van der Waals surface area contributed by atoms with Gasteiger partial charge in [0.2, 0.25) is 0 Å². The van der Waals surface area contributed by atoms with Crippen molar-refractivity contribution < 1.29 is 0 Å². The minimum atomic E-state index is 0.187. The van der Waals surface area contributed by atoms with E-state index in [9.17, 15) is 0 Å². The molecule has 0 heterocycles. The zero-order chi connectivity index (χ0) is 10.8. The first-order valence-electron chi connectivity index (χ1n) is 5.26. The molecule has 0 unspecified atom stereocenters. The first kappa shape index (κ1) is 11.0. The van der Waals surface area contributed by atoms with Gasteiger partial charge in [-0.1, -0.05) is 39.0 Å². The van der Waals surface area contributed by atoms with Gasteiger partial charge in [-0.15, -0.1) is 0 Å². The predicted molar refractivity (Wildman–Crippen MR) is 59.6 cm³/mol. The van der Waals surface area contributed by atoms with E-state index in [1.807, 2.05) is 0 Å². The molecule has 0 aliphatic heterocycles. The van der Waals surface area contributed by atoms with Crippen molar-refractivity contribution in [3.05, 3.63) is 23.8 Å². The summed E-state index contributed by atoms with van der Waals surface area (Å²) in [7, 11) is 0. The molecular formula is C13H19N. The Bertz CT molecular complexity index is 302. The predicted octanol–water partition coefficient (Wildman–Crippen LogP) is 3.84. The molecule has 1 atom stereocenters. The largest absolute Gasteiger partial charge is 0.198 e. The standard InChI is InChI=1S/C13H19N/c1-10-7-8-11(2)13(3,4)12(10)6-5-9-14/h6,11H,1,5,7-8H2,2-4H3/b12-6+/t11-/m1/s1. The van der Waals surface area contributed by atoms with Gasteiger partial charge in [-0.05, 0) is 29.7 Å². The fourth-order valence-electron chi connectivity index (χ4n) is 2.16. The minimum absolute atomic E-state index is 0.187. The van der Waals surface area contributed by atoms with Crippen LogP contribution in [0.3, 0.4) is 0 Å². The molecule has 1 nitrogen and oxygen atoms in total. The maximum absolute atomic E-state index is 8.60. The molecule has 0 radical (unpaired) electrons. The minimum Gasteiger partial charge on any atom is -0.198 e. The number of nitriles is 1. The molecule has 76 valence electrons. The molecule has 0 aromatic heterocycles. The van der Waals surface area contributed by atoms with Gasteiger partial charge in [-0.25, -0.2) is 0 Å². The zero-order valence-electron chi connectivity index (χ0n) is 9.43. The third kappa shape index (κ3) is 1.90. The van der Waals surface area contributed by atoms with Crippen LogP contribution in [0.5, 0.6) is 0 Å². The first-order chi connectivity index (χ1) is 6.50. The fourth-order valence-corrected chi connectivity index (χ4v) is 2.16. The molecule has 0 aromatic carbocycles. The third-order valence-electron chi connectivity index (χ3n) is 3.58. The van der Waals surface area contributed by atoms with Crippen molar-refractivity contribution in [1.82, 2.24) is 0 Å². The van der Waals surface area contributed by atoms with Crippen LogP contribution in [0, 0.1) is 22.7 Å². The summed E-state index contributed by atoms with van der Waals surface area (Å²) in [5.41, 5.74) is 2.72. The lowest BCUT2D eigenvalue weighted by Crippen LogP contribution is -2.29. The lowest BCUT2D eigenvalue weighted by molar-refractivity contribution is 0.251. The van der Waals surface area contributed by atoms with Gasteiger partial charge in [0.25, 0.3) is 0 Å². The third-order valence-corrected chi connectivity index (χ3v) is 3.58.